The summed E-state index contributed by atoms with van der Waals surface area (Å²) in [4.78, 5) is 45.5. The van der Waals surface area contributed by atoms with Crippen molar-refractivity contribution >= 4 is 0 Å². The first-order valence-electron chi connectivity index (χ1n) is 21.1. The van der Waals surface area contributed by atoms with Crippen molar-refractivity contribution in [2.24, 2.45) is 0 Å². The van der Waals surface area contributed by atoms with Crippen LogP contribution in [0, 0.1) is 0 Å². The van der Waals surface area contributed by atoms with Crippen LogP contribution in [-0.4, -0.2) is 44.9 Å². The van der Waals surface area contributed by atoms with Crippen LogP contribution < -0.4 is 0 Å². The van der Waals surface area contributed by atoms with Gasteiger partial charge in [-0.1, -0.05) is 191 Å². The molecular weight excluding hydrogens is 787 g/mol. The Labute approximate surface area is 371 Å². The third kappa shape index (κ3) is 8.55. The average Bonchev–Trinajstić information content (AvgIpc) is 3.37. The number of benzene rings is 7. The van der Waals surface area contributed by atoms with Gasteiger partial charge in [-0.15, -0.1) is 0 Å². The average molecular weight is 828 g/mol. The van der Waals surface area contributed by atoms with Gasteiger partial charge < -0.3 is 0 Å². The van der Waals surface area contributed by atoms with Gasteiger partial charge in [-0.3, -0.25) is 0 Å². The van der Waals surface area contributed by atoms with Crippen molar-refractivity contribution in [3.05, 3.63) is 200 Å². The second-order valence-corrected chi connectivity index (χ2v) is 16.4. The van der Waals surface area contributed by atoms with Crippen molar-refractivity contribution in [2.75, 3.05) is 0 Å². The Balaban J connectivity index is 1.15. The van der Waals surface area contributed by atoms with Crippen LogP contribution >= 0.6 is 0 Å². The van der Waals surface area contributed by atoms with E-state index in [0.29, 0.717) is 52.4 Å². The molecule has 0 atom stereocenters. The number of aromatic nitrogens is 9. The fraction of sp³-hybridized carbons (Fsp3) is 0.0727. The first-order chi connectivity index (χ1) is 31.3. The molecule has 0 radical (unpaired) electrons. The van der Waals surface area contributed by atoms with Crippen molar-refractivity contribution in [2.45, 2.75) is 26.2 Å². The predicted molar refractivity (Wildman–Crippen MR) is 254 cm³/mol. The summed E-state index contributed by atoms with van der Waals surface area (Å²) in [6.07, 6.45) is 0. The molecule has 0 aliphatic carbocycles. The Kier molecular flexibility index (Phi) is 10.6. The van der Waals surface area contributed by atoms with Crippen molar-refractivity contribution in [3.8, 4) is 102 Å². The van der Waals surface area contributed by atoms with E-state index >= 15 is 0 Å². The maximum atomic E-state index is 5.23. The van der Waals surface area contributed by atoms with Gasteiger partial charge in [0.15, 0.2) is 46.6 Å². The Morgan fingerprint density at radius 2 is 0.453 bits per heavy atom. The first-order valence-corrected chi connectivity index (χ1v) is 21.1. The minimum absolute atomic E-state index is 0.312. The van der Waals surface area contributed by atoms with Gasteiger partial charge in [-0.05, 0) is 35.4 Å². The van der Waals surface area contributed by atoms with E-state index in [1.165, 1.54) is 0 Å². The van der Waals surface area contributed by atoms with Gasteiger partial charge in [-0.2, -0.15) is 0 Å². The zero-order chi connectivity index (χ0) is 43.5. The Morgan fingerprint density at radius 3 is 0.797 bits per heavy atom. The molecule has 9 heteroatoms. The molecule has 0 N–H and O–H groups in total. The van der Waals surface area contributed by atoms with Crippen LogP contribution in [0.1, 0.15) is 26.6 Å². The van der Waals surface area contributed by atoms with Gasteiger partial charge in [0.2, 0.25) is 0 Å². The quantitative estimate of drug-likeness (QED) is 0.140. The highest BCUT2D eigenvalue weighted by atomic mass is 15.1. The number of hydrogen-bond donors (Lipinski definition) is 0. The van der Waals surface area contributed by atoms with Crippen LogP contribution in [0.3, 0.4) is 0 Å². The third-order valence-electron chi connectivity index (χ3n) is 10.6. The molecule has 306 valence electrons. The second-order valence-electron chi connectivity index (χ2n) is 16.4. The zero-order valence-electron chi connectivity index (χ0n) is 35.5. The van der Waals surface area contributed by atoms with Crippen LogP contribution in [0.25, 0.3) is 102 Å². The molecular formula is C55H41N9. The van der Waals surface area contributed by atoms with Gasteiger partial charge in [-0.25, -0.2) is 44.9 Å². The molecule has 64 heavy (non-hydrogen) atoms. The molecule has 3 aromatic heterocycles. The Hall–Kier alpha value is -8.43. The summed E-state index contributed by atoms with van der Waals surface area (Å²) in [5, 5.41) is 0. The van der Waals surface area contributed by atoms with Crippen LogP contribution in [0.4, 0.5) is 0 Å². The van der Waals surface area contributed by atoms with E-state index in [1.807, 2.05) is 164 Å². The topological polar surface area (TPSA) is 116 Å². The van der Waals surface area contributed by atoms with Gasteiger partial charge in [0, 0.05) is 49.9 Å². The maximum absolute atomic E-state index is 5.23. The molecule has 0 bridgehead atoms. The zero-order valence-corrected chi connectivity index (χ0v) is 35.5. The normalized spacial score (nSPS) is 11.4. The molecule has 9 nitrogen and oxygen atoms in total. The smallest absolute Gasteiger partial charge is 0.164 e. The van der Waals surface area contributed by atoms with E-state index in [-0.39, 0.29) is 5.41 Å². The lowest BCUT2D eigenvalue weighted by atomic mass is 9.95. The van der Waals surface area contributed by atoms with E-state index in [1.54, 1.807) is 0 Å². The number of hydrogen-bond acceptors (Lipinski definition) is 9. The van der Waals surface area contributed by atoms with Crippen LogP contribution in [0.15, 0.2) is 194 Å². The van der Waals surface area contributed by atoms with E-state index < -0.39 is 0 Å². The van der Waals surface area contributed by atoms with Gasteiger partial charge >= 0.3 is 0 Å². The van der Waals surface area contributed by atoms with Crippen LogP contribution in [0.5, 0.6) is 0 Å². The molecule has 0 spiro atoms. The lowest BCUT2D eigenvalue weighted by Gasteiger charge is -2.18. The van der Waals surface area contributed by atoms with Crippen molar-refractivity contribution in [3.63, 3.8) is 0 Å². The molecule has 0 amide bonds. The first kappa shape index (κ1) is 39.7. The molecule has 3 heterocycles. The third-order valence-corrected chi connectivity index (χ3v) is 10.6. The summed E-state index contributed by atoms with van der Waals surface area (Å²) >= 11 is 0. The number of rotatable bonds is 9. The van der Waals surface area contributed by atoms with Crippen molar-refractivity contribution < 1.29 is 0 Å². The van der Waals surface area contributed by atoms with Crippen LogP contribution in [-0.2, 0) is 5.41 Å². The largest absolute Gasteiger partial charge is 0.212 e. The summed E-state index contributed by atoms with van der Waals surface area (Å²) in [5.41, 5.74) is 8.40. The summed E-state index contributed by atoms with van der Waals surface area (Å²) in [5.74, 6) is 5.11. The van der Waals surface area contributed by atoms with E-state index in [4.69, 9.17) is 44.9 Å². The number of nitrogens with zero attached hydrogens (tertiary/aromatic N) is 9. The highest BCUT2D eigenvalue weighted by Crippen LogP contribution is 2.35. The minimum Gasteiger partial charge on any atom is -0.212 e. The molecule has 7 aromatic carbocycles. The fourth-order valence-corrected chi connectivity index (χ4v) is 7.33. The molecule has 0 fully saturated rings. The minimum atomic E-state index is -0.312. The van der Waals surface area contributed by atoms with Crippen LogP contribution in [0.2, 0.25) is 0 Å². The van der Waals surface area contributed by atoms with E-state index in [0.717, 1.165) is 55.6 Å². The lowest BCUT2D eigenvalue weighted by molar-refractivity contribution is 0.543. The summed E-state index contributed by atoms with van der Waals surface area (Å²) in [7, 11) is 0. The summed E-state index contributed by atoms with van der Waals surface area (Å²) in [6.45, 7) is 6.33. The molecule has 0 unspecified atom stereocenters. The van der Waals surface area contributed by atoms with E-state index in [9.17, 15) is 0 Å². The summed E-state index contributed by atoms with van der Waals surface area (Å²) in [6, 6.07) is 64.6. The molecule has 0 saturated carbocycles. The standard InChI is InChI=1S/C55H41N9/c1-55(2,3)54-63-49(40-28-17-8-18-29-40)61-51(64-54)42-31-19-30-41(32-42)50-57-48(39-26-15-7-16-27-39)60-53(62-50)45-34-43(36-20-9-4-10-21-36)33-44(35-45)52-58-46(37-22-11-5-12-23-37)56-47(59-52)38-24-13-6-14-25-38/h4-35H,1-3H3. The molecule has 10 rings (SSSR count). The SMILES string of the molecule is CC(C)(C)c1nc(-c2ccccc2)nc(-c2cccc(-c3nc(-c4ccccc4)nc(-c4cc(-c5ccccc5)cc(-c5nc(-c6ccccc6)nc(-c6ccccc6)n5)c4)n3)c2)n1. The molecule has 0 aliphatic rings. The summed E-state index contributed by atoms with van der Waals surface area (Å²) < 4.78 is 0. The predicted octanol–water partition coefficient (Wildman–Crippen LogP) is 12.5. The Bertz CT molecular complexity index is 3170. The maximum Gasteiger partial charge on any atom is 0.164 e. The highest BCUT2D eigenvalue weighted by Gasteiger charge is 2.22. The molecule has 0 saturated heterocycles. The lowest BCUT2D eigenvalue weighted by Crippen LogP contribution is -2.18. The van der Waals surface area contributed by atoms with Gasteiger partial charge in [0.1, 0.15) is 5.82 Å². The molecule has 10 aromatic rings. The second kappa shape index (κ2) is 17.1. The van der Waals surface area contributed by atoms with Crippen molar-refractivity contribution in [1.29, 1.82) is 0 Å². The monoisotopic (exact) mass is 827 g/mol. The molecule has 0 aliphatic heterocycles. The van der Waals surface area contributed by atoms with E-state index in [2.05, 4.69) is 51.1 Å². The highest BCUT2D eigenvalue weighted by molar-refractivity contribution is 5.80. The van der Waals surface area contributed by atoms with Gasteiger partial charge in [0.25, 0.3) is 0 Å². The fourth-order valence-electron chi connectivity index (χ4n) is 7.33. The Morgan fingerprint density at radius 1 is 0.219 bits per heavy atom. The van der Waals surface area contributed by atoms with Gasteiger partial charge in [0.05, 0.1) is 0 Å². The van der Waals surface area contributed by atoms with Crippen molar-refractivity contribution in [1.82, 2.24) is 44.9 Å².